The van der Waals surface area contributed by atoms with E-state index in [0.717, 1.165) is 37.9 Å². The Bertz CT molecular complexity index is 702. The number of hydrogen-bond donors (Lipinski definition) is 2. The molecule has 5 heteroatoms. The molecule has 0 spiro atoms. The van der Waals surface area contributed by atoms with Crippen molar-refractivity contribution in [3.63, 3.8) is 0 Å². The summed E-state index contributed by atoms with van der Waals surface area (Å²) in [6, 6.07) is 8.15. The van der Waals surface area contributed by atoms with E-state index < -0.39 is 24.0 Å². The highest BCUT2D eigenvalue weighted by atomic mass is 16.8. The Labute approximate surface area is 174 Å². The van der Waals surface area contributed by atoms with E-state index in [4.69, 9.17) is 14.2 Å². The molecule has 2 N–H and O–H groups in total. The summed E-state index contributed by atoms with van der Waals surface area (Å²) in [5.74, 6) is -0.0932. The van der Waals surface area contributed by atoms with E-state index in [2.05, 4.69) is 32.9 Å². The van der Waals surface area contributed by atoms with Gasteiger partial charge in [-0.25, -0.2) is 0 Å². The molecule has 1 saturated carbocycles. The lowest BCUT2D eigenvalue weighted by atomic mass is 9.58. The summed E-state index contributed by atoms with van der Waals surface area (Å²) in [7, 11) is 0. The molecule has 0 radical (unpaired) electrons. The summed E-state index contributed by atoms with van der Waals surface area (Å²) < 4.78 is 18.4. The molecule has 3 fully saturated rings. The summed E-state index contributed by atoms with van der Waals surface area (Å²) in [5.41, 5.74) is 0.196. The van der Waals surface area contributed by atoms with Crippen molar-refractivity contribution in [2.45, 2.75) is 90.2 Å². The van der Waals surface area contributed by atoms with E-state index in [0.29, 0.717) is 12.3 Å². The van der Waals surface area contributed by atoms with Gasteiger partial charge < -0.3 is 24.4 Å². The van der Waals surface area contributed by atoms with Crippen molar-refractivity contribution < 1.29 is 24.4 Å². The van der Waals surface area contributed by atoms with Crippen LogP contribution in [0.1, 0.15) is 65.4 Å². The molecule has 29 heavy (non-hydrogen) atoms. The van der Waals surface area contributed by atoms with Gasteiger partial charge in [-0.15, -0.1) is 0 Å². The van der Waals surface area contributed by atoms with Crippen molar-refractivity contribution in [2.24, 2.45) is 23.7 Å². The van der Waals surface area contributed by atoms with Crippen LogP contribution in [0.25, 0.3) is 0 Å². The quantitative estimate of drug-likeness (QED) is 0.785. The van der Waals surface area contributed by atoms with Crippen LogP contribution >= 0.6 is 0 Å². The van der Waals surface area contributed by atoms with Gasteiger partial charge in [0.05, 0.1) is 0 Å². The third-order valence-electron chi connectivity index (χ3n) is 7.50. The predicted octanol–water partition coefficient (Wildman–Crippen LogP) is 4.25. The second-order valence-corrected chi connectivity index (χ2v) is 9.69. The zero-order valence-corrected chi connectivity index (χ0v) is 18.1. The Morgan fingerprint density at radius 2 is 1.79 bits per heavy atom. The second kappa shape index (κ2) is 7.84. The van der Waals surface area contributed by atoms with Crippen LogP contribution in [0.2, 0.25) is 0 Å². The topological polar surface area (TPSA) is 68.2 Å². The van der Waals surface area contributed by atoms with Gasteiger partial charge >= 0.3 is 0 Å². The summed E-state index contributed by atoms with van der Waals surface area (Å²) in [6.45, 7) is 8.13. The van der Waals surface area contributed by atoms with Gasteiger partial charge in [0.1, 0.15) is 11.4 Å². The fourth-order valence-corrected chi connectivity index (χ4v) is 5.83. The predicted molar refractivity (Wildman–Crippen MR) is 110 cm³/mol. The number of aliphatic hydroxyl groups is 2. The highest BCUT2D eigenvalue weighted by Gasteiger charge is 2.63. The van der Waals surface area contributed by atoms with E-state index in [1.807, 2.05) is 12.1 Å². The Hall–Kier alpha value is -1.14. The molecule has 2 aliphatic heterocycles. The van der Waals surface area contributed by atoms with Gasteiger partial charge in [-0.1, -0.05) is 39.3 Å². The minimum Gasteiger partial charge on any atom is -0.465 e. The Balaban J connectivity index is 1.59. The fourth-order valence-electron chi connectivity index (χ4n) is 5.83. The smallest absolute Gasteiger partial charge is 0.205 e. The average Bonchev–Trinajstić information content (AvgIpc) is 2.77. The first-order chi connectivity index (χ1) is 13.7. The first-order valence-corrected chi connectivity index (χ1v) is 11.3. The molecule has 1 aromatic carbocycles. The highest BCUT2D eigenvalue weighted by molar-refractivity contribution is 5.27. The second-order valence-electron chi connectivity index (χ2n) is 9.69. The molecule has 0 bridgehead atoms. The molecule has 0 amide bonds. The van der Waals surface area contributed by atoms with Crippen LogP contribution in [0.15, 0.2) is 24.3 Å². The van der Waals surface area contributed by atoms with Crippen LogP contribution in [-0.4, -0.2) is 34.2 Å². The van der Waals surface area contributed by atoms with E-state index in [1.165, 1.54) is 5.56 Å². The molecular formula is C24H36O5. The zero-order chi connectivity index (χ0) is 20.8. The molecule has 1 aromatic rings. The van der Waals surface area contributed by atoms with Crippen molar-refractivity contribution in [1.82, 2.24) is 0 Å². The molecule has 8 atom stereocenters. The van der Waals surface area contributed by atoms with Crippen molar-refractivity contribution >= 4 is 0 Å². The zero-order valence-electron chi connectivity index (χ0n) is 18.1. The van der Waals surface area contributed by atoms with Gasteiger partial charge in [0, 0.05) is 18.3 Å². The minimum absolute atomic E-state index is 0.0146. The van der Waals surface area contributed by atoms with Crippen LogP contribution in [-0.2, 0) is 15.9 Å². The normalized spacial score (nSPS) is 44.6. The van der Waals surface area contributed by atoms with Gasteiger partial charge in [0.15, 0.2) is 12.1 Å². The molecule has 3 aliphatic rings. The van der Waals surface area contributed by atoms with Crippen molar-refractivity contribution in [3.8, 4) is 5.75 Å². The van der Waals surface area contributed by atoms with Gasteiger partial charge in [0.2, 0.25) is 6.29 Å². The average molecular weight is 405 g/mol. The lowest BCUT2D eigenvalue weighted by Crippen LogP contribution is -2.67. The van der Waals surface area contributed by atoms with E-state index in [9.17, 15) is 10.2 Å². The van der Waals surface area contributed by atoms with Gasteiger partial charge in [-0.05, 0) is 62.1 Å². The first-order valence-electron chi connectivity index (χ1n) is 11.3. The summed E-state index contributed by atoms with van der Waals surface area (Å²) >= 11 is 0. The van der Waals surface area contributed by atoms with Crippen LogP contribution in [0.5, 0.6) is 5.75 Å². The van der Waals surface area contributed by atoms with Crippen molar-refractivity contribution in [3.05, 3.63) is 29.8 Å². The minimum atomic E-state index is -1.31. The lowest BCUT2D eigenvalue weighted by Gasteiger charge is -2.57. The molecule has 162 valence electrons. The van der Waals surface area contributed by atoms with Gasteiger partial charge in [0.25, 0.3) is 0 Å². The number of hydrogen-bond acceptors (Lipinski definition) is 5. The molecule has 5 nitrogen and oxygen atoms in total. The summed E-state index contributed by atoms with van der Waals surface area (Å²) in [5, 5.41) is 22.6. The standard InChI is InChI=1S/C24H36O5/c1-5-6-17-8-10-18(11-9-17)27-21-16(3)20-12-7-15(2)19-13-14-23(4,25)29-22(28-21)24(19,20)26/h8-11,15-16,19-22,25-26H,5-7,12-14H2,1-4H3/t15-,16-,19?,20?,21?,22-,23?,24-/m1/s1. The maximum absolute atomic E-state index is 11.9. The van der Waals surface area contributed by atoms with Crippen molar-refractivity contribution in [1.29, 1.82) is 0 Å². The number of aryl methyl sites for hydroxylation is 1. The highest BCUT2D eigenvalue weighted by Crippen LogP contribution is 2.55. The lowest BCUT2D eigenvalue weighted by molar-refractivity contribution is -0.398. The Morgan fingerprint density at radius 3 is 2.48 bits per heavy atom. The molecule has 4 unspecified atom stereocenters. The Kier molecular flexibility index (Phi) is 5.71. The first kappa shape index (κ1) is 21.1. The van der Waals surface area contributed by atoms with E-state index in [-0.39, 0.29) is 17.8 Å². The van der Waals surface area contributed by atoms with E-state index >= 15 is 0 Å². The Morgan fingerprint density at radius 1 is 1.07 bits per heavy atom. The van der Waals surface area contributed by atoms with Gasteiger partial charge in [-0.3, -0.25) is 0 Å². The third kappa shape index (κ3) is 3.83. The molecule has 2 heterocycles. The summed E-state index contributed by atoms with van der Waals surface area (Å²) in [4.78, 5) is 0. The van der Waals surface area contributed by atoms with Crippen LogP contribution in [0, 0.1) is 23.7 Å². The maximum atomic E-state index is 11.9. The largest absolute Gasteiger partial charge is 0.465 e. The molecular weight excluding hydrogens is 368 g/mol. The number of benzene rings is 1. The summed E-state index contributed by atoms with van der Waals surface area (Å²) in [6.07, 6.45) is 3.96. The van der Waals surface area contributed by atoms with E-state index in [1.54, 1.807) is 6.92 Å². The van der Waals surface area contributed by atoms with Crippen LogP contribution < -0.4 is 4.74 Å². The fraction of sp³-hybridized carbons (Fsp3) is 0.750. The molecule has 0 aromatic heterocycles. The van der Waals surface area contributed by atoms with Crippen molar-refractivity contribution in [2.75, 3.05) is 0 Å². The van der Waals surface area contributed by atoms with Crippen LogP contribution in [0.4, 0.5) is 0 Å². The monoisotopic (exact) mass is 404 g/mol. The molecule has 4 rings (SSSR count). The van der Waals surface area contributed by atoms with Gasteiger partial charge in [-0.2, -0.15) is 0 Å². The SMILES string of the molecule is CCCc1ccc(OC2O[C@@H]3OC(C)(O)CCC4[C@H](C)CCC([C@H]2C)[C@]43O)cc1. The van der Waals surface area contributed by atoms with Crippen LogP contribution in [0.3, 0.4) is 0 Å². The third-order valence-corrected chi connectivity index (χ3v) is 7.50. The number of rotatable bonds is 4. The molecule has 2 saturated heterocycles. The number of ether oxygens (including phenoxy) is 3. The maximum Gasteiger partial charge on any atom is 0.205 e. The molecule has 1 aliphatic carbocycles.